The molecular weight excluding hydrogens is 230 g/mol. The molecule has 0 radical (unpaired) electrons. The number of carboxylic acid groups (broad SMARTS) is 1. The molecule has 88 valence electrons. The number of carboxylic acids is 1. The van der Waals surface area contributed by atoms with Crippen LogP contribution in [0.4, 0.5) is 5.69 Å². The van der Waals surface area contributed by atoms with Gasteiger partial charge in [-0.2, -0.15) is 0 Å². The number of aromatic carboxylic acids is 1. The Balaban J connectivity index is 3.54. The number of anilines is 1. The second-order valence-electron chi connectivity index (χ2n) is 2.91. The number of hydrogen-bond acceptors (Lipinski definition) is 5. The highest BCUT2D eigenvalue weighted by Crippen LogP contribution is 2.41. The van der Waals surface area contributed by atoms with Crippen LogP contribution in [0.25, 0.3) is 0 Å². The highest BCUT2D eigenvalue weighted by molar-refractivity contribution is 7.98. The van der Waals surface area contributed by atoms with E-state index in [1.807, 2.05) is 6.26 Å². The van der Waals surface area contributed by atoms with Crippen LogP contribution in [0.2, 0.25) is 0 Å². The summed E-state index contributed by atoms with van der Waals surface area (Å²) in [5.74, 6) is -0.504. The SMILES string of the molecule is COc1cc(C(=O)O)c(OC)c(N)c1SC. The minimum Gasteiger partial charge on any atom is -0.495 e. The van der Waals surface area contributed by atoms with E-state index in [0.29, 0.717) is 10.6 Å². The van der Waals surface area contributed by atoms with Gasteiger partial charge in [-0.3, -0.25) is 0 Å². The molecule has 0 amide bonds. The van der Waals surface area contributed by atoms with E-state index < -0.39 is 5.97 Å². The van der Waals surface area contributed by atoms with Crippen LogP contribution in [0.5, 0.6) is 11.5 Å². The summed E-state index contributed by atoms with van der Waals surface area (Å²) in [6, 6.07) is 1.41. The fourth-order valence-corrected chi connectivity index (χ4v) is 2.04. The number of thioether (sulfide) groups is 1. The summed E-state index contributed by atoms with van der Waals surface area (Å²) < 4.78 is 10.1. The molecule has 0 unspecified atom stereocenters. The Kier molecular flexibility index (Phi) is 3.89. The maximum absolute atomic E-state index is 11.0. The number of nitrogens with two attached hydrogens (primary N) is 1. The van der Waals surface area contributed by atoms with Gasteiger partial charge in [0, 0.05) is 0 Å². The van der Waals surface area contributed by atoms with Crippen LogP contribution in [0.1, 0.15) is 10.4 Å². The molecule has 0 atom stereocenters. The van der Waals surface area contributed by atoms with Gasteiger partial charge in [0.15, 0.2) is 5.75 Å². The highest BCUT2D eigenvalue weighted by Gasteiger charge is 2.20. The second kappa shape index (κ2) is 4.98. The van der Waals surface area contributed by atoms with Crippen LogP contribution in [0.3, 0.4) is 0 Å². The summed E-state index contributed by atoms with van der Waals surface area (Å²) in [5, 5.41) is 9.01. The van der Waals surface area contributed by atoms with Gasteiger partial charge in [0.25, 0.3) is 0 Å². The Labute approximate surface area is 97.5 Å². The summed E-state index contributed by atoms with van der Waals surface area (Å²) in [6.07, 6.45) is 1.83. The number of methoxy groups -OCH3 is 2. The van der Waals surface area contributed by atoms with Gasteiger partial charge in [0.1, 0.15) is 11.3 Å². The Bertz CT molecular complexity index is 420. The quantitative estimate of drug-likeness (QED) is 0.618. The molecule has 1 aromatic rings. The molecule has 0 saturated carbocycles. The minimum atomic E-state index is -1.10. The summed E-state index contributed by atoms with van der Waals surface area (Å²) in [7, 11) is 2.85. The smallest absolute Gasteiger partial charge is 0.339 e. The minimum absolute atomic E-state index is 0.00495. The molecule has 0 heterocycles. The first-order chi connectivity index (χ1) is 7.56. The third-order valence-corrected chi connectivity index (χ3v) is 2.92. The number of benzene rings is 1. The van der Waals surface area contributed by atoms with Crippen molar-refractivity contribution in [3.8, 4) is 11.5 Å². The van der Waals surface area contributed by atoms with Crippen molar-refractivity contribution in [3.05, 3.63) is 11.6 Å². The average Bonchev–Trinajstić information content (AvgIpc) is 2.27. The van der Waals surface area contributed by atoms with E-state index >= 15 is 0 Å². The predicted octanol–water partition coefficient (Wildman–Crippen LogP) is 1.71. The maximum Gasteiger partial charge on any atom is 0.339 e. The van der Waals surface area contributed by atoms with Crippen molar-refractivity contribution < 1.29 is 19.4 Å². The van der Waals surface area contributed by atoms with Crippen LogP contribution in [0.15, 0.2) is 11.0 Å². The average molecular weight is 243 g/mol. The van der Waals surface area contributed by atoms with Crippen LogP contribution in [0, 0.1) is 0 Å². The first-order valence-electron chi connectivity index (χ1n) is 4.38. The van der Waals surface area contributed by atoms with Gasteiger partial charge in [-0.15, -0.1) is 11.8 Å². The van der Waals surface area contributed by atoms with Crippen molar-refractivity contribution in [3.63, 3.8) is 0 Å². The van der Waals surface area contributed by atoms with E-state index in [2.05, 4.69) is 0 Å². The largest absolute Gasteiger partial charge is 0.495 e. The summed E-state index contributed by atoms with van der Waals surface area (Å²) in [5.41, 5.74) is 6.11. The Morgan fingerprint density at radius 2 is 2.06 bits per heavy atom. The zero-order chi connectivity index (χ0) is 12.3. The number of nitrogen functional groups attached to an aromatic ring is 1. The number of ether oxygens (including phenoxy) is 2. The molecule has 6 heteroatoms. The van der Waals surface area contributed by atoms with Crippen LogP contribution >= 0.6 is 11.8 Å². The molecule has 1 aromatic carbocycles. The molecule has 1 rings (SSSR count). The van der Waals surface area contributed by atoms with Crippen molar-refractivity contribution in [2.75, 3.05) is 26.2 Å². The summed E-state index contributed by atoms with van der Waals surface area (Å²) in [4.78, 5) is 11.7. The number of hydrogen-bond donors (Lipinski definition) is 2. The fraction of sp³-hybridized carbons (Fsp3) is 0.300. The lowest BCUT2D eigenvalue weighted by molar-refractivity contribution is 0.0693. The zero-order valence-corrected chi connectivity index (χ0v) is 10.1. The zero-order valence-electron chi connectivity index (χ0n) is 9.23. The molecule has 0 aromatic heterocycles. The normalized spacial score (nSPS) is 9.94. The molecule has 0 saturated heterocycles. The summed E-state index contributed by atoms with van der Waals surface area (Å²) >= 11 is 1.37. The first-order valence-corrected chi connectivity index (χ1v) is 5.61. The molecule has 5 nitrogen and oxygen atoms in total. The van der Waals surface area contributed by atoms with Crippen molar-refractivity contribution in [1.29, 1.82) is 0 Å². The Morgan fingerprint density at radius 1 is 1.44 bits per heavy atom. The molecular formula is C10H13NO4S. The monoisotopic (exact) mass is 243 g/mol. The van der Waals surface area contributed by atoms with Crippen LogP contribution in [-0.4, -0.2) is 31.6 Å². The van der Waals surface area contributed by atoms with Gasteiger partial charge in [-0.25, -0.2) is 4.79 Å². The van der Waals surface area contributed by atoms with Gasteiger partial charge in [0.2, 0.25) is 0 Å². The molecule has 0 aliphatic carbocycles. The van der Waals surface area contributed by atoms with Gasteiger partial charge in [-0.05, 0) is 12.3 Å². The van der Waals surface area contributed by atoms with Crippen molar-refractivity contribution in [2.45, 2.75) is 4.90 Å². The molecule has 3 N–H and O–H groups in total. The second-order valence-corrected chi connectivity index (χ2v) is 3.73. The summed E-state index contributed by atoms with van der Waals surface area (Å²) in [6.45, 7) is 0. The lowest BCUT2D eigenvalue weighted by Crippen LogP contribution is -2.06. The predicted molar refractivity (Wildman–Crippen MR) is 62.7 cm³/mol. The van der Waals surface area contributed by atoms with Crippen LogP contribution < -0.4 is 15.2 Å². The maximum atomic E-state index is 11.0. The van der Waals surface area contributed by atoms with E-state index in [1.165, 1.54) is 32.0 Å². The number of rotatable bonds is 4. The van der Waals surface area contributed by atoms with E-state index in [9.17, 15) is 4.79 Å². The van der Waals surface area contributed by atoms with E-state index in [-0.39, 0.29) is 17.0 Å². The van der Waals surface area contributed by atoms with Crippen LogP contribution in [-0.2, 0) is 0 Å². The fourth-order valence-electron chi connectivity index (χ4n) is 1.38. The van der Waals surface area contributed by atoms with Gasteiger partial charge >= 0.3 is 5.97 Å². The molecule has 0 aliphatic heterocycles. The van der Waals surface area contributed by atoms with Gasteiger partial charge < -0.3 is 20.3 Å². The van der Waals surface area contributed by atoms with E-state index in [1.54, 1.807) is 0 Å². The molecule has 0 bridgehead atoms. The first kappa shape index (κ1) is 12.5. The van der Waals surface area contributed by atoms with Gasteiger partial charge in [0.05, 0.1) is 24.8 Å². The molecule has 16 heavy (non-hydrogen) atoms. The highest BCUT2D eigenvalue weighted by atomic mass is 32.2. The third kappa shape index (κ3) is 2.01. The van der Waals surface area contributed by atoms with Crippen molar-refractivity contribution >= 4 is 23.4 Å². The van der Waals surface area contributed by atoms with Crippen molar-refractivity contribution in [2.24, 2.45) is 0 Å². The molecule has 0 fully saturated rings. The standard InChI is InChI=1S/C10H13NO4S/c1-14-6-4-5(10(12)13)8(15-2)7(11)9(6)16-3/h4H,11H2,1-3H3,(H,12,13). The van der Waals surface area contributed by atoms with Gasteiger partial charge in [-0.1, -0.05) is 0 Å². The lowest BCUT2D eigenvalue weighted by atomic mass is 10.1. The third-order valence-electron chi connectivity index (χ3n) is 2.09. The number of carbonyl (C=O) groups is 1. The molecule has 0 aliphatic rings. The Hall–Kier alpha value is -1.56. The lowest BCUT2D eigenvalue weighted by Gasteiger charge is -2.15. The molecule has 0 spiro atoms. The van der Waals surface area contributed by atoms with Crippen molar-refractivity contribution in [1.82, 2.24) is 0 Å². The van der Waals surface area contributed by atoms with E-state index in [0.717, 1.165) is 0 Å². The van der Waals surface area contributed by atoms with E-state index in [4.69, 9.17) is 20.3 Å². The Morgan fingerprint density at radius 3 is 2.44 bits per heavy atom. The topological polar surface area (TPSA) is 81.8 Å².